The summed E-state index contributed by atoms with van der Waals surface area (Å²) in [5.74, 6) is 0.305. The molecule has 1 N–H and O–H groups in total. The van der Waals surface area contributed by atoms with Gasteiger partial charge < -0.3 is 10.2 Å². The van der Waals surface area contributed by atoms with Gasteiger partial charge in [0.1, 0.15) is 5.54 Å². The zero-order valence-electron chi connectivity index (χ0n) is 11.3. The number of piperazine rings is 1. The van der Waals surface area contributed by atoms with Crippen LogP contribution >= 0.6 is 0 Å². The maximum atomic E-state index is 12.1. The zero-order chi connectivity index (χ0) is 13.6. The van der Waals surface area contributed by atoms with Crippen LogP contribution in [-0.4, -0.2) is 35.3 Å². The molecule has 1 aromatic rings. The van der Waals surface area contributed by atoms with Crippen LogP contribution in [0.4, 0.5) is 0 Å². The van der Waals surface area contributed by atoms with Gasteiger partial charge in [0.15, 0.2) is 0 Å². The van der Waals surface area contributed by atoms with Gasteiger partial charge in [0, 0.05) is 12.5 Å². The Morgan fingerprint density at radius 3 is 2.79 bits per heavy atom. The van der Waals surface area contributed by atoms with Crippen molar-refractivity contribution in [2.75, 3.05) is 13.1 Å². The van der Waals surface area contributed by atoms with Crippen molar-refractivity contribution in [3.8, 4) is 0 Å². The van der Waals surface area contributed by atoms with Crippen LogP contribution in [0.25, 0.3) is 0 Å². The van der Waals surface area contributed by atoms with Gasteiger partial charge in [-0.25, -0.2) is 0 Å². The predicted molar refractivity (Wildman–Crippen MR) is 71.7 cm³/mol. The average molecular weight is 258 g/mol. The highest BCUT2D eigenvalue weighted by molar-refractivity contribution is 5.97. The van der Waals surface area contributed by atoms with E-state index in [0.717, 1.165) is 6.42 Å². The van der Waals surface area contributed by atoms with E-state index in [9.17, 15) is 9.59 Å². The van der Waals surface area contributed by atoms with Gasteiger partial charge in [-0.15, -0.1) is 0 Å². The van der Waals surface area contributed by atoms with Gasteiger partial charge in [0.2, 0.25) is 11.8 Å². The van der Waals surface area contributed by atoms with Crippen molar-refractivity contribution in [1.29, 1.82) is 0 Å². The Morgan fingerprint density at radius 1 is 1.32 bits per heavy atom. The Morgan fingerprint density at radius 2 is 2.05 bits per heavy atom. The maximum Gasteiger partial charge on any atom is 0.245 e. The highest BCUT2D eigenvalue weighted by atomic mass is 16.2. The predicted octanol–water partition coefficient (Wildman–Crippen LogP) is 1.06. The van der Waals surface area contributed by atoms with Crippen LogP contribution in [0.3, 0.4) is 0 Å². The monoisotopic (exact) mass is 258 g/mol. The molecule has 100 valence electrons. The minimum Gasteiger partial charge on any atom is -0.345 e. The first-order valence-electron chi connectivity index (χ1n) is 6.66. The summed E-state index contributed by atoms with van der Waals surface area (Å²) >= 11 is 0. The molecule has 2 aliphatic rings. The summed E-state index contributed by atoms with van der Waals surface area (Å²) in [5.41, 5.74) is 1.93. The van der Waals surface area contributed by atoms with Crippen LogP contribution < -0.4 is 5.32 Å². The van der Waals surface area contributed by atoms with Crippen LogP contribution in [0, 0.1) is 0 Å². The van der Waals surface area contributed by atoms with Gasteiger partial charge in [-0.1, -0.05) is 24.3 Å². The van der Waals surface area contributed by atoms with E-state index in [1.807, 2.05) is 26.0 Å². The molecular formula is C15H18N2O2. The molecule has 0 spiro atoms. The summed E-state index contributed by atoms with van der Waals surface area (Å²) in [6.45, 7) is 4.38. The summed E-state index contributed by atoms with van der Waals surface area (Å²) < 4.78 is 0. The largest absolute Gasteiger partial charge is 0.345 e. The first-order valence-corrected chi connectivity index (χ1v) is 6.66. The van der Waals surface area contributed by atoms with Gasteiger partial charge in [0.05, 0.1) is 6.54 Å². The molecule has 0 saturated carbocycles. The van der Waals surface area contributed by atoms with Crippen molar-refractivity contribution in [2.45, 2.75) is 31.7 Å². The fraction of sp³-hybridized carbons (Fsp3) is 0.467. The molecule has 0 bridgehead atoms. The van der Waals surface area contributed by atoms with Crippen molar-refractivity contribution < 1.29 is 9.59 Å². The Kier molecular flexibility index (Phi) is 2.62. The van der Waals surface area contributed by atoms with E-state index in [0.29, 0.717) is 12.5 Å². The molecule has 19 heavy (non-hydrogen) atoms. The number of rotatable bonds is 2. The number of carbonyl (C=O) groups is 2. The molecule has 0 radical (unpaired) electrons. The zero-order valence-corrected chi connectivity index (χ0v) is 11.3. The van der Waals surface area contributed by atoms with Gasteiger partial charge in [0.25, 0.3) is 0 Å². The van der Waals surface area contributed by atoms with Gasteiger partial charge >= 0.3 is 0 Å². The molecule has 2 amide bonds. The van der Waals surface area contributed by atoms with Crippen molar-refractivity contribution >= 4 is 11.8 Å². The van der Waals surface area contributed by atoms with Gasteiger partial charge in [-0.2, -0.15) is 0 Å². The van der Waals surface area contributed by atoms with Gasteiger partial charge in [-0.3, -0.25) is 9.59 Å². The third-order valence-corrected chi connectivity index (χ3v) is 4.30. The first kappa shape index (κ1) is 12.2. The number of hydrogen-bond acceptors (Lipinski definition) is 2. The van der Waals surface area contributed by atoms with E-state index in [4.69, 9.17) is 0 Å². The lowest BCUT2D eigenvalue weighted by atomic mass is 9.76. The molecular weight excluding hydrogens is 240 g/mol. The van der Waals surface area contributed by atoms with E-state index in [-0.39, 0.29) is 18.4 Å². The van der Waals surface area contributed by atoms with E-state index < -0.39 is 5.54 Å². The molecule has 1 heterocycles. The number of nitrogens with zero attached hydrogens (tertiary/aromatic N) is 1. The lowest BCUT2D eigenvalue weighted by molar-refractivity contribution is -0.151. The summed E-state index contributed by atoms with van der Waals surface area (Å²) in [5, 5.41) is 2.65. The number of nitrogens with one attached hydrogen (secondary N) is 1. The lowest BCUT2D eigenvalue weighted by Gasteiger charge is -2.44. The van der Waals surface area contributed by atoms with E-state index in [2.05, 4.69) is 17.4 Å². The number of benzene rings is 1. The minimum absolute atomic E-state index is 0.00832. The Labute approximate surface area is 112 Å². The first-order chi connectivity index (χ1) is 9.00. The Balaban J connectivity index is 1.80. The number of amides is 2. The maximum absolute atomic E-state index is 12.1. The molecule has 3 rings (SSSR count). The second-order valence-electron chi connectivity index (χ2n) is 5.85. The summed E-state index contributed by atoms with van der Waals surface area (Å²) in [6, 6.07) is 8.31. The van der Waals surface area contributed by atoms with Crippen molar-refractivity contribution in [3.63, 3.8) is 0 Å². The molecule has 1 fully saturated rings. The Bertz CT molecular complexity index is 551. The standard InChI is InChI=1S/C15H18N2O2/c1-15(2)14(19)16-8-13(18)17(15)9-11-7-10-5-3-4-6-12(10)11/h3-6,11H,7-9H2,1-2H3,(H,16,19). The van der Waals surface area contributed by atoms with Crippen LogP contribution in [-0.2, 0) is 16.0 Å². The molecule has 1 aromatic carbocycles. The highest BCUT2D eigenvalue weighted by Gasteiger charge is 2.43. The summed E-state index contributed by atoms with van der Waals surface area (Å²) in [4.78, 5) is 25.7. The van der Waals surface area contributed by atoms with E-state index in [1.165, 1.54) is 11.1 Å². The summed E-state index contributed by atoms with van der Waals surface area (Å²) in [6.07, 6.45) is 0.998. The Hall–Kier alpha value is -1.84. The van der Waals surface area contributed by atoms with Crippen molar-refractivity contribution in [3.05, 3.63) is 35.4 Å². The van der Waals surface area contributed by atoms with Crippen LogP contribution in [0.15, 0.2) is 24.3 Å². The molecule has 1 saturated heterocycles. The molecule has 1 aliphatic carbocycles. The molecule has 1 atom stereocenters. The molecule has 1 aliphatic heterocycles. The second kappa shape index (κ2) is 4.08. The quantitative estimate of drug-likeness (QED) is 0.862. The minimum atomic E-state index is -0.750. The average Bonchev–Trinajstić information content (AvgIpc) is 2.35. The normalized spacial score (nSPS) is 24.5. The number of carbonyl (C=O) groups excluding carboxylic acids is 2. The van der Waals surface area contributed by atoms with Crippen LogP contribution in [0.1, 0.15) is 30.9 Å². The lowest BCUT2D eigenvalue weighted by Crippen LogP contribution is -2.65. The molecule has 0 aromatic heterocycles. The molecule has 4 heteroatoms. The van der Waals surface area contributed by atoms with Crippen molar-refractivity contribution in [1.82, 2.24) is 10.2 Å². The highest BCUT2D eigenvalue weighted by Crippen LogP contribution is 2.36. The molecule has 4 nitrogen and oxygen atoms in total. The topological polar surface area (TPSA) is 49.4 Å². The van der Waals surface area contributed by atoms with E-state index >= 15 is 0 Å². The molecule has 1 unspecified atom stereocenters. The summed E-state index contributed by atoms with van der Waals surface area (Å²) in [7, 11) is 0. The third-order valence-electron chi connectivity index (χ3n) is 4.30. The van der Waals surface area contributed by atoms with Crippen LogP contribution in [0.2, 0.25) is 0 Å². The van der Waals surface area contributed by atoms with Gasteiger partial charge in [-0.05, 0) is 31.4 Å². The SMILES string of the molecule is CC1(C)C(=O)NCC(=O)N1CC1Cc2ccccc21. The third kappa shape index (κ3) is 1.82. The number of fused-ring (bicyclic) bond motifs is 1. The number of hydrogen-bond donors (Lipinski definition) is 1. The van der Waals surface area contributed by atoms with Crippen molar-refractivity contribution in [2.24, 2.45) is 0 Å². The van der Waals surface area contributed by atoms with Crippen LogP contribution in [0.5, 0.6) is 0 Å². The fourth-order valence-electron chi connectivity index (χ4n) is 2.98. The smallest absolute Gasteiger partial charge is 0.245 e. The van der Waals surface area contributed by atoms with E-state index in [1.54, 1.807) is 4.90 Å². The second-order valence-corrected chi connectivity index (χ2v) is 5.85. The fourth-order valence-corrected chi connectivity index (χ4v) is 2.98.